The van der Waals surface area contributed by atoms with E-state index >= 15 is 0 Å². The zero-order valence-electron chi connectivity index (χ0n) is 12.8. The van der Waals surface area contributed by atoms with E-state index in [0.29, 0.717) is 16.8 Å². The van der Waals surface area contributed by atoms with E-state index in [4.69, 9.17) is 4.74 Å². The first-order valence-electron chi connectivity index (χ1n) is 7.04. The van der Waals surface area contributed by atoms with E-state index in [-0.39, 0.29) is 5.91 Å². The molecule has 0 aliphatic heterocycles. The van der Waals surface area contributed by atoms with Gasteiger partial charge in [0.1, 0.15) is 0 Å². The van der Waals surface area contributed by atoms with E-state index in [1.165, 1.54) is 7.05 Å². The lowest BCUT2D eigenvalue weighted by molar-refractivity contribution is -0.119. The first kappa shape index (κ1) is 17.7. The SMILES string of the molecule is CNC(=O)c1ccc(NC(=O)COC(=O)c2ccc(Br)cc2)cc1. The van der Waals surface area contributed by atoms with Crippen LogP contribution >= 0.6 is 15.9 Å². The third kappa shape index (κ3) is 4.92. The summed E-state index contributed by atoms with van der Waals surface area (Å²) in [4.78, 5) is 35.0. The first-order chi connectivity index (χ1) is 11.5. The zero-order valence-corrected chi connectivity index (χ0v) is 14.4. The molecule has 0 atom stereocenters. The van der Waals surface area contributed by atoms with Crippen molar-refractivity contribution in [3.8, 4) is 0 Å². The molecule has 0 aromatic heterocycles. The van der Waals surface area contributed by atoms with Gasteiger partial charge in [0.05, 0.1) is 5.56 Å². The van der Waals surface area contributed by atoms with Crippen LogP contribution in [0.15, 0.2) is 53.0 Å². The van der Waals surface area contributed by atoms with Gasteiger partial charge in [-0.1, -0.05) is 15.9 Å². The molecule has 2 amide bonds. The number of ether oxygens (including phenoxy) is 1. The Labute approximate surface area is 147 Å². The molecule has 0 saturated carbocycles. The molecule has 2 rings (SSSR count). The topological polar surface area (TPSA) is 84.5 Å². The summed E-state index contributed by atoms with van der Waals surface area (Å²) in [5.74, 6) is -1.25. The van der Waals surface area contributed by atoms with Crippen LogP contribution in [0.2, 0.25) is 0 Å². The molecule has 2 N–H and O–H groups in total. The smallest absolute Gasteiger partial charge is 0.338 e. The second-order valence-corrected chi connectivity index (χ2v) is 5.70. The first-order valence-corrected chi connectivity index (χ1v) is 7.83. The minimum Gasteiger partial charge on any atom is -0.452 e. The fraction of sp³-hybridized carbons (Fsp3) is 0.118. The maximum absolute atomic E-state index is 11.8. The summed E-state index contributed by atoms with van der Waals surface area (Å²) in [6, 6.07) is 13.0. The average Bonchev–Trinajstić information content (AvgIpc) is 2.60. The summed E-state index contributed by atoms with van der Waals surface area (Å²) in [5.41, 5.74) is 1.35. The molecular formula is C17H15BrN2O4. The molecule has 2 aromatic rings. The highest BCUT2D eigenvalue weighted by atomic mass is 79.9. The number of halogens is 1. The number of nitrogens with one attached hydrogen (secondary N) is 2. The van der Waals surface area contributed by atoms with Gasteiger partial charge in [-0.2, -0.15) is 0 Å². The second kappa shape index (κ2) is 8.26. The van der Waals surface area contributed by atoms with Crippen molar-refractivity contribution in [2.45, 2.75) is 0 Å². The molecule has 0 spiro atoms. The number of hydrogen-bond donors (Lipinski definition) is 2. The van der Waals surface area contributed by atoms with Gasteiger partial charge in [-0.15, -0.1) is 0 Å². The molecule has 2 aromatic carbocycles. The Bertz CT molecular complexity index is 742. The maximum atomic E-state index is 11.8. The number of anilines is 1. The number of carbonyl (C=O) groups excluding carboxylic acids is 3. The summed E-state index contributed by atoms with van der Waals surface area (Å²) < 4.78 is 5.80. The quantitative estimate of drug-likeness (QED) is 0.768. The fourth-order valence-electron chi connectivity index (χ4n) is 1.85. The molecule has 24 heavy (non-hydrogen) atoms. The van der Waals surface area contributed by atoms with Crippen molar-refractivity contribution in [2.75, 3.05) is 19.0 Å². The molecule has 0 aliphatic rings. The van der Waals surface area contributed by atoms with E-state index in [1.54, 1.807) is 48.5 Å². The van der Waals surface area contributed by atoms with E-state index in [0.717, 1.165) is 4.47 Å². The van der Waals surface area contributed by atoms with Crippen LogP contribution in [0, 0.1) is 0 Å². The van der Waals surface area contributed by atoms with E-state index in [2.05, 4.69) is 26.6 Å². The highest BCUT2D eigenvalue weighted by Crippen LogP contribution is 2.12. The van der Waals surface area contributed by atoms with Gasteiger partial charge in [-0.3, -0.25) is 9.59 Å². The maximum Gasteiger partial charge on any atom is 0.338 e. The molecule has 0 heterocycles. The van der Waals surface area contributed by atoms with Crippen LogP contribution in [0.4, 0.5) is 5.69 Å². The minimum atomic E-state index is -0.576. The highest BCUT2D eigenvalue weighted by molar-refractivity contribution is 9.10. The molecule has 0 radical (unpaired) electrons. The summed E-state index contributed by atoms with van der Waals surface area (Å²) >= 11 is 3.27. The monoisotopic (exact) mass is 390 g/mol. The van der Waals surface area contributed by atoms with Gasteiger partial charge in [0.2, 0.25) is 0 Å². The van der Waals surface area contributed by atoms with Crippen molar-refractivity contribution in [3.63, 3.8) is 0 Å². The fourth-order valence-corrected chi connectivity index (χ4v) is 2.11. The molecule has 6 nitrogen and oxygen atoms in total. The van der Waals surface area contributed by atoms with Crippen molar-refractivity contribution >= 4 is 39.4 Å². The third-order valence-corrected chi connectivity index (χ3v) is 3.60. The minimum absolute atomic E-state index is 0.212. The predicted octanol–water partition coefficient (Wildman–Crippen LogP) is 2.60. The number of benzene rings is 2. The molecule has 7 heteroatoms. The Kier molecular flexibility index (Phi) is 6.08. The lowest BCUT2D eigenvalue weighted by atomic mass is 10.2. The van der Waals surface area contributed by atoms with Crippen LogP contribution in [-0.2, 0) is 9.53 Å². The average molecular weight is 391 g/mol. The lowest BCUT2D eigenvalue weighted by Gasteiger charge is -2.07. The molecule has 0 bridgehead atoms. The van der Waals surface area contributed by atoms with Gasteiger partial charge in [-0.25, -0.2) is 4.79 Å². The van der Waals surface area contributed by atoms with Gasteiger partial charge in [-0.05, 0) is 48.5 Å². The Morgan fingerprint density at radius 3 is 2.12 bits per heavy atom. The number of rotatable bonds is 5. The van der Waals surface area contributed by atoms with Gasteiger partial charge in [0.15, 0.2) is 6.61 Å². The Balaban J connectivity index is 1.85. The summed E-state index contributed by atoms with van der Waals surface area (Å²) in [6.45, 7) is -0.397. The normalized spacial score (nSPS) is 9.92. The third-order valence-electron chi connectivity index (χ3n) is 3.07. The standard InChI is InChI=1S/C17H15BrN2O4/c1-19-16(22)11-4-8-14(9-5-11)20-15(21)10-24-17(23)12-2-6-13(18)7-3-12/h2-9H,10H2,1H3,(H,19,22)(H,20,21). The molecule has 0 fully saturated rings. The molecule has 0 saturated heterocycles. The molecule has 0 unspecified atom stereocenters. The number of amides is 2. The summed E-state index contributed by atoms with van der Waals surface area (Å²) in [6.07, 6.45) is 0. The van der Waals surface area contributed by atoms with Crippen LogP contribution in [0.25, 0.3) is 0 Å². The largest absolute Gasteiger partial charge is 0.452 e. The van der Waals surface area contributed by atoms with E-state index < -0.39 is 18.5 Å². The van der Waals surface area contributed by atoms with Crippen molar-refractivity contribution in [1.82, 2.24) is 5.32 Å². The second-order valence-electron chi connectivity index (χ2n) is 4.79. The van der Waals surface area contributed by atoms with Crippen molar-refractivity contribution in [3.05, 3.63) is 64.1 Å². The van der Waals surface area contributed by atoms with E-state index in [1.807, 2.05) is 0 Å². The van der Waals surface area contributed by atoms with Gasteiger partial charge >= 0.3 is 5.97 Å². The number of hydrogen-bond acceptors (Lipinski definition) is 4. The van der Waals surface area contributed by atoms with Gasteiger partial charge < -0.3 is 15.4 Å². The van der Waals surface area contributed by atoms with Crippen molar-refractivity contribution in [1.29, 1.82) is 0 Å². The van der Waals surface area contributed by atoms with Crippen molar-refractivity contribution < 1.29 is 19.1 Å². The number of carbonyl (C=O) groups is 3. The predicted molar refractivity (Wildman–Crippen MR) is 92.9 cm³/mol. The van der Waals surface area contributed by atoms with Crippen LogP contribution in [0.5, 0.6) is 0 Å². The molecule has 0 aliphatic carbocycles. The zero-order chi connectivity index (χ0) is 17.5. The van der Waals surface area contributed by atoms with E-state index in [9.17, 15) is 14.4 Å². The van der Waals surface area contributed by atoms with Crippen LogP contribution < -0.4 is 10.6 Å². The summed E-state index contributed by atoms with van der Waals surface area (Å²) in [7, 11) is 1.54. The van der Waals surface area contributed by atoms with Crippen LogP contribution in [0.3, 0.4) is 0 Å². The van der Waals surface area contributed by atoms with Gasteiger partial charge in [0.25, 0.3) is 11.8 Å². The molecular weight excluding hydrogens is 376 g/mol. The lowest BCUT2D eigenvalue weighted by Crippen LogP contribution is -2.21. The highest BCUT2D eigenvalue weighted by Gasteiger charge is 2.10. The van der Waals surface area contributed by atoms with Crippen LogP contribution in [-0.4, -0.2) is 31.4 Å². The Hall–Kier alpha value is -2.67. The van der Waals surface area contributed by atoms with Crippen molar-refractivity contribution in [2.24, 2.45) is 0 Å². The summed E-state index contributed by atoms with van der Waals surface area (Å²) in [5, 5.41) is 5.09. The number of esters is 1. The van der Waals surface area contributed by atoms with Crippen LogP contribution in [0.1, 0.15) is 20.7 Å². The molecule has 124 valence electrons. The van der Waals surface area contributed by atoms with Gasteiger partial charge in [0, 0.05) is 22.8 Å². The Morgan fingerprint density at radius 1 is 0.958 bits per heavy atom. The Morgan fingerprint density at radius 2 is 1.54 bits per heavy atom.